The van der Waals surface area contributed by atoms with E-state index in [4.69, 9.17) is 4.74 Å². The molecule has 7 nitrogen and oxygen atoms in total. The van der Waals surface area contributed by atoms with E-state index in [1.807, 2.05) is 0 Å². The Bertz CT molecular complexity index is 836. The molecule has 2 atom stereocenters. The molecule has 1 N–H and O–H groups in total. The van der Waals surface area contributed by atoms with Gasteiger partial charge in [-0.1, -0.05) is 12.1 Å². The van der Waals surface area contributed by atoms with Crippen molar-refractivity contribution in [1.29, 1.82) is 0 Å². The number of rotatable bonds is 5. The minimum absolute atomic E-state index is 0.0116. The molecule has 3 aliphatic heterocycles. The van der Waals surface area contributed by atoms with Crippen molar-refractivity contribution in [1.82, 2.24) is 15.1 Å². The number of carbonyl (C=O) groups excluding carboxylic acids is 3. The summed E-state index contributed by atoms with van der Waals surface area (Å²) in [5, 5.41) is 3.32. The molecule has 1 aromatic rings. The summed E-state index contributed by atoms with van der Waals surface area (Å²) in [7, 11) is 0. The molecule has 0 saturated carbocycles. The maximum Gasteiger partial charge on any atom is 0.316 e. The van der Waals surface area contributed by atoms with E-state index in [9.17, 15) is 18.8 Å². The fourth-order valence-electron chi connectivity index (χ4n) is 5.14. The molecule has 3 aliphatic rings. The maximum atomic E-state index is 13.4. The van der Waals surface area contributed by atoms with E-state index in [2.05, 4.69) is 10.2 Å². The molecule has 31 heavy (non-hydrogen) atoms. The highest BCUT2D eigenvalue weighted by Crippen LogP contribution is 2.38. The molecule has 0 spiro atoms. The summed E-state index contributed by atoms with van der Waals surface area (Å²) in [5.74, 6) is -0.447. The van der Waals surface area contributed by atoms with Crippen LogP contribution in [0.1, 0.15) is 38.2 Å². The third kappa shape index (κ3) is 4.36. The molecule has 1 aromatic carbocycles. The lowest BCUT2D eigenvalue weighted by molar-refractivity contribution is -0.152. The molecule has 0 radical (unpaired) electrons. The van der Waals surface area contributed by atoms with Gasteiger partial charge in [0.15, 0.2) is 5.78 Å². The Balaban J connectivity index is 1.40. The number of Topliss-reactive ketones (excluding diaryl/α,β-unsaturated/α-hetero) is 1. The third-order valence-corrected chi connectivity index (χ3v) is 6.98. The van der Waals surface area contributed by atoms with Gasteiger partial charge in [0.1, 0.15) is 5.82 Å². The van der Waals surface area contributed by atoms with E-state index in [1.54, 1.807) is 24.0 Å². The van der Waals surface area contributed by atoms with E-state index < -0.39 is 5.41 Å². The van der Waals surface area contributed by atoms with Crippen molar-refractivity contribution in [2.75, 3.05) is 39.3 Å². The van der Waals surface area contributed by atoms with Gasteiger partial charge in [0, 0.05) is 25.6 Å². The summed E-state index contributed by atoms with van der Waals surface area (Å²) in [6.07, 6.45) is 2.33. The van der Waals surface area contributed by atoms with Crippen molar-refractivity contribution < 1.29 is 23.5 Å². The number of benzene rings is 1. The summed E-state index contributed by atoms with van der Waals surface area (Å²) in [5.41, 5.74) is 0.0282. The molecule has 0 aromatic heterocycles. The highest BCUT2D eigenvalue weighted by Gasteiger charge is 2.46. The zero-order chi connectivity index (χ0) is 22.0. The van der Waals surface area contributed by atoms with Crippen LogP contribution in [0.3, 0.4) is 0 Å². The molecule has 0 aliphatic carbocycles. The highest BCUT2D eigenvalue weighted by atomic mass is 19.1. The van der Waals surface area contributed by atoms with Gasteiger partial charge in [-0.05, 0) is 57.0 Å². The molecule has 0 bridgehead atoms. The summed E-state index contributed by atoms with van der Waals surface area (Å²) in [6.45, 7) is 4.95. The molecular formula is C23H30FN3O4. The second kappa shape index (κ2) is 9.04. The van der Waals surface area contributed by atoms with Gasteiger partial charge in [0.25, 0.3) is 0 Å². The topological polar surface area (TPSA) is 79.0 Å². The Morgan fingerprint density at radius 2 is 1.90 bits per heavy atom. The Morgan fingerprint density at radius 3 is 2.52 bits per heavy atom. The number of hydrogen-bond donors (Lipinski definition) is 1. The van der Waals surface area contributed by atoms with Crippen LogP contribution in [0.15, 0.2) is 24.3 Å². The van der Waals surface area contributed by atoms with Gasteiger partial charge >= 0.3 is 5.97 Å². The molecule has 0 unspecified atom stereocenters. The van der Waals surface area contributed by atoms with Gasteiger partial charge in [-0.2, -0.15) is 0 Å². The first-order valence-corrected chi connectivity index (χ1v) is 11.1. The first kappa shape index (κ1) is 21.9. The number of ketones is 1. The van der Waals surface area contributed by atoms with Crippen LogP contribution < -0.4 is 5.32 Å². The van der Waals surface area contributed by atoms with Gasteiger partial charge in [0.2, 0.25) is 5.91 Å². The van der Waals surface area contributed by atoms with Crippen molar-refractivity contribution in [3.05, 3.63) is 35.6 Å². The van der Waals surface area contributed by atoms with Gasteiger partial charge < -0.3 is 15.0 Å². The molecule has 4 rings (SSSR count). The zero-order valence-electron chi connectivity index (χ0n) is 17.9. The minimum Gasteiger partial charge on any atom is -0.465 e. The van der Waals surface area contributed by atoms with Crippen molar-refractivity contribution in [2.45, 2.75) is 50.1 Å². The van der Waals surface area contributed by atoms with Crippen LogP contribution in [-0.4, -0.2) is 78.9 Å². The average Bonchev–Trinajstić information content (AvgIpc) is 3.43. The van der Waals surface area contributed by atoms with E-state index >= 15 is 0 Å². The fourth-order valence-corrected chi connectivity index (χ4v) is 5.14. The fraction of sp³-hybridized carbons (Fsp3) is 0.609. The van der Waals surface area contributed by atoms with Crippen molar-refractivity contribution in [2.24, 2.45) is 0 Å². The molecule has 168 valence electrons. The van der Waals surface area contributed by atoms with Gasteiger partial charge in [-0.25, -0.2) is 4.39 Å². The number of piperidine rings is 1. The number of carbonyl (C=O) groups is 3. The normalized spacial score (nSPS) is 26.3. The number of amides is 1. The first-order chi connectivity index (χ1) is 14.9. The van der Waals surface area contributed by atoms with Crippen LogP contribution in [0, 0.1) is 5.82 Å². The summed E-state index contributed by atoms with van der Waals surface area (Å²) in [4.78, 5) is 41.1. The van der Waals surface area contributed by atoms with E-state index in [1.165, 1.54) is 12.1 Å². The summed E-state index contributed by atoms with van der Waals surface area (Å²) < 4.78 is 18.9. The number of esters is 1. The monoisotopic (exact) mass is 431 g/mol. The number of ether oxygens (including phenoxy) is 1. The summed E-state index contributed by atoms with van der Waals surface area (Å²) >= 11 is 0. The van der Waals surface area contributed by atoms with Crippen LogP contribution in [0.5, 0.6) is 0 Å². The predicted octanol–water partition coefficient (Wildman–Crippen LogP) is 1.25. The Kier molecular flexibility index (Phi) is 6.39. The average molecular weight is 432 g/mol. The molecule has 8 heteroatoms. The Morgan fingerprint density at radius 1 is 1.19 bits per heavy atom. The molecule has 3 saturated heterocycles. The van der Waals surface area contributed by atoms with Crippen molar-refractivity contribution in [3.63, 3.8) is 0 Å². The lowest BCUT2D eigenvalue weighted by atomic mass is 9.72. The number of hydrogen-bond acceptors (Lipinski definition) is 6. The van der Waals surface area contributed by atoms with Gasteiger partial charge in [-0.15, -0.1) is 0 Å². The van der Waals surface area contributed by atoms with Crippen molar-refractivity contribution >= 4 is 17.7 Å². The number of likely N-dealkylation sites (tertiary alicyclic amines) is 2. The SMILES string of the molecule is CCOC(=O)C1(c2ccc(F)cc2)CCN([C@@H]2CN[C@H](C(=O)N3CCC(=O)C3)C2)CC1. The quantitative estimate of drug-likeness (QED) is 0.707. The second-order valence-electron chi connectivity index (χ2n) is 8.74. The summed E-state index contributed by atoms with van der Waals surface area (Å²) in [6, 6.07) is 6.10. The molecule has 1 amide bonds. The Labute approximate surface area is 181 Å². The zero-order valence-corrected chi connectivity index (χ0v) is 17.9. The van der Waals surface area contributed by atoms with Crippen LogP contribution in [0.25, 0.3) is 0 Å². The Hall–Kier alpha value is -2.32. The minimum atomic E-state index is -0.766. The van der Waals surface area contributed by atoms with Crippen molar-refractivity contribution in [3.8, 4) is 0 Å². The highest BCUT2D eigenvalue weighted by molar-refractivity contribution is 5.91. The lowest BCUT2D eigenvalue weighted by Gasteiger charge is -2.42. The molecular weight excluding hydrogens is 401 g/mol. The van der Waals surface area contributed by atoms with Crippen LogP contribution in [0.4, 0.5) is 4.39 Å². The van der Waals surface area contributed by atoms with Gasteiger partial charge in [-0.3, -0.25) is 19.3 Å². The van der Waals surface area contributed by atoms with E-state index in [0.717, 1.165) is 5.56 Å². The third-order valence-electron chi connectivity index (χ3n) is 6.98. The first-order valence-electron chi connectivity index (χ1n) is 11.1. The molecule has 3 heterocycles. The lowest BCUT2D eigenvalue weighted by Crippen LogP contribution is -2.51. The molecule has 3 fully saturated rings. The van der Waals surface area contributed by atoms with Crippen LogP contribution in [-0.2, 0) is 24.5 Å². The van der Waals surface area contributed by atoms with E-state index in [0.29, 0.717) is 58.5 Å². The maximum absolute atomic E-state index is 13.4. The van der Waals surface area contributed by atoms with E-state index in [-0.39, 0.29) is 42.1 Å². The second-order valence-corrected chi connectivity index (χ2v) is 8.74. The smallest absolute Gasteiger partial charge is 0.316 e. The van der Waals surface area contributed by atoms with Crippen LogP contribution in [0.2, 0.25) is 0 Å². The van der Waals surface area contributed by atoms with Gasteiger partial charge in [0.05, 0.1) is 24.6 Å². The largest absolute Gasteiger partial charge is 0.465 e. The number of halogens is 1. The predicted molar refractivity (Wildman–Crippen MR) is 112 cm³/mol. The number of nitrogens with zero attached hydrogens (tertiary/aromatic N) is 2. The van der Waals surface area contributed by atoms with Crippen LogP contribution >= 0.6 is 0 Å². The number of nitrogens with one attached hydrogen (secondary N) is 1. The standard InChI is InChI=1S/C23H30FN3O4/c1-2-31-22(30)23(16-3-5-17(24)6-4-16)8-11-26(12-9-23)18-13-20(25-14-18)21(29)27-10-7-19(28)15-27/h3-6,18,20,25H,2,7-15H2,1H3/t18-,20-/m0/s1.